The third kappa shape index (κ3) is 4.76. The van der Waals surface area contributed by atoms with Crippen molar-refractivity contribution in [1.82, 2.24) is 24.4 Å². The molecule has 1 aliphatic heterocycles. The number of aromatic nitrogens is 3. The highest BCUT2D eigenvalue weighted by Crippen LogP contribution is 2.28. The maximum absolute atomic E-state index is 13.4. The molecular formula is C22H27F2N5O4. The summed E-state index contributed by atoms with van der Waals surface area (Å²) >= 11 is 0. The molecule has 2 N–H and O–H groups in total. The Hall–Kier alpha value is -3.24. The van der Waals surface area contributed by atoms with E-state index in [2.05, 4.69) is 10.4 Å². The molecule has 0 atom stereocenters. The molecule has 1 aliphatic carbocycles. The lowest BCUT2D eigenvalue weighted by molar-refractivity contribution is -0.132. The van der Waals surface area contributed by atoms with Gasteiger partial charge in [-0.25, -0.2) is 8.78 Å². The topological polar surface area (TPSA) is 109 Å². The molecule has 0 bridgehead atoms. The molecule has 4 rings (SSSR count). The largest absolute Gasteiger partial charge is 0.492 e. The van der Waals surface area contributed by atoms with Crippen molar-refractivity contribution in [3.63, 3.8) is 0 Å². The first-order chi connectivity index (χ1) is 15.6. The predicted octanol–water partition coefficient (Wildman–Crippen LogP) is 2.02. The molecule has 0 unspecified atom stereocenters. The van der Waals surface area contributed by atoms with Gasteiger partial charge in [0.2, 0.25) is 11.8 Å². The minimum atomic E-state index is -2.75. The van der Waals surface area contributed by atoms with Crippen LogP contribution in [-0.4, -0.2) is 61.1 Å². The van der Waals surface area contributed by atoms with E-state index >= 15 is 0 Å². The second-order valence-electron chi connectivity index (χ2n) is 9.11. The lowest BCUT2D eigenvalue weighted by Crippen LogP contribution is -2.42. The van der Waals surface area contributed by atoms with Crippen LogP contribution in [0.5, 0.6) is 5.88 Å². The number of hydrogen-bond acceptors (Lipinski definition) is 5. The summed E-state index contributed by atoms with van der Waals surface area (Å²) in [7, 11) is 0. The maximum atomic E-state index is 13.4. The van der Waals surface area contributed by atoms with Gasteiger partial charge in [-0.2, -0.15) is 9.61 Å². The molecule has 0 spiro atoms. The first-order valence-electron chi connectivity index (χ1n) is 11.1. The van der Waals surface area contributed by atoms with Crippen molar-refractivity contribution >= 4 is 23.5 Å². The molecular weight excluding hydrogens is 436 g/mol. The van der Waals surface area contributed by atoms with Gasteiger partial charge in [0.05, 0.1) is 6.20 Å². The van der Waals surface area contributed by atoms with Crippen LogP contribution in [-0.2, 0) is 11.3 Å². The number of alkyl halides is 2. The number of aromatic hydroxyl groups is 1. The Morgan fingerprint density at radius 2 is 1.97 bits per heavy atom. The number of nitrogens with one attached hydrogen (secondary N) is 1. The standard InChI is InChI=1S/C22H27F2N5O4/c1-13(2)12-28-19-14(3-6-16(30)27-9-7-22(23,24)8-10-27)11-25-29(19)21(33)17(20(28)32)18(31)26-15-4-5-15/h3,6,11,13,15,33H,4-5,7-10,12H2,1-2H3,(H,26,31)/b6-3+. The zero-order chi connectivity index (χ0) is 23.9. The van der Waals surface area contributed by atoms with Crippen LogP contribution >= 0.6 is 0 Å². The van der Waals surface area contributed by atoms with Crippen LogP contribution in [0.1, 0.15) is 55.5 Å². The van der Waals surface area contributed by atoms with E-state index in [0.29, 0.717) is 5.56 Å². The van der Waals surface area contributed by atoms with Crippen LogP contribution in [0, 0.1) is 5.92 Å². The molecule has 3 heterocycles. The Balaban J connectivity index is 1.69. The Kier molecular flexibility index (Phi) is 5.98. The van der Waals surface area contributed by atoms with E-state index in [9.17, 15) is 28.3 Å². The van der Waals surface area contributed by atoms with Gasteiger partial charge in [-0.05, 0) is 24.8 Å². The van der Waals surface area contributed by atoms with Crippen molar-refractivity contribution < 1.29 is 23.5 Å². The number of likely N-dealkylation sites (tertiary alicyclic amines) is 1. The van der Waals surface area contributed by atoms with E-state index in [4.69, 9.17) is 0 Å². The minimum Gasteiger partial charge on any atom is -0.492 e. The van der Waals surface area contributed by atoms with Gasteiger partial charge in [-0.15, -0.1) is 0 Å². The summed E-state index contributed by atoms with van der Waals surface area (Å²) < 4.78 is 29.2. The van der Waals surface area contributed by atoms with Crippen molar-refractivity contribution in [2.75, 3.05) is 13.1 Å². The third-order valence-electron chi connectivity index (χ3n) is 5.81. The average Bonchev–Trinajstić information content (AvgIpc) is 3.44. The minimum absolute atomic E-state index is 0.00223. The highest BCUT2D eigenvalue weighted by molar-refractivity contribution is 5.97. The monoisotopic (exact) mass is 463 g/mol. The Bertz CT molecular complexity index is 1170. The van der Waals surface area contributed by atoms with Crippen molar-refractivity contribution in [2.45, 2.75) is 58.0 Å². The van der Waals surface area contributed by atoms with Crippen LogP contribution in [0.15, 0.2) is 17.1 Å². The van der Waals surface area contributed by atoms with Crippen molar-refractivity contribution in [3.05, 3.63) is 33.8 Å². The molecule has 1 saturated heterocycles. The summed E-state index contributed by atoms with van der Waals surface area (Å²) in [6.07, 6.45) is 4.96. The summed E-state index contributed by atoms with van der Waals surface area (Å²) in [5.41, 5.74) is -0.401. The molecule has 2 aromatic rings. The second kappa shape index (κ2) is 8.60. The summed E-state index contributed by atoms with van der Waals surface area (Å²) in [5.74, 6) is -4.36. The molecule has 178 valence electrons. The predicted molar refractivity (Wildman–Crippen MR) is 116 cm³/mol. The van der Waals surface area contributed by atoms with E-state index in [1.807, 2.05) is 13.8 Å². The Morgan fingerprint density at radius 1 is 1.30 bits per heavy atom. The molecule has 1 saturated carbocycles. The van der Waals surface area contributed by atoms with E-state index in [-0.39, 0.29) is 55.6 Å². The zero-order valence-corrected chi connectivity index (χ0v) is 18.6. The first-order valence-corrected chi connectivity index (χ1v) is 11.1. The molecule has 0 radical (unpaired) electrons. The smallest absolute Gasteiger partial charge is 0.270 e. The fourth-order valence-corrected chi connectivity index (χ4v) is 3.87. The van der Waals surface area contributed by atoms with Gasteiger partial charge >= 0.3 is 0 Å². The number of piperidine rings is 1. The number of nitrogens with zero attached hydrogens (tertiary/aromatic N) is 4. The van der Waals surface area contributed by atoms with E-state index in [1.54, 1.807) is 0 Å². The molecule has 0 aromatic carbocycles. The van der Waals surface area contributed by atoms with Crippen LogP contribution < -0.4 is 10.9 Å². The number of rotatable bonds is 6. The van der Waals surface area contributed by atoms with Gasteiger partial charge in [0, 0.05) is 50.2 Å². The van der Waals surface area contributed by atoms with E-state index in [1.165, 1.54) is 27.8 Å². The number of hydrogen-bond donors (Lipinski definition) is 2. The number of amides is 2. The highest BCUT2D eigenvalue weighted by atomic mass is 19.3. The molecule has 11 heteroatoms. The molecule has 2 amide bonds. The van der Waals surface area contributed by atoms with Gasteiger partial charge in [0.15, 0.2) is 5.56 Å². The van der Waals surface area contributed by atoms with Crippen LogP contribution in [0.3, 0.4) is 0 Å². The van der Waals surface area contributed by atoms with Crippen LogP contribution in [0.2, 0.25) is 0 Å². The summed E-state index contributed by atoms with van der Waals surface area (Å²) in [5, 5.41) is 17.5. The SMILES string of the molecule is CC(C)Cn1c(=O)c(C(=O)NC2CC2)c(O)n2ncc(/C=C/C(=O)N3CCC(F)(F)CC3)c12. The van der Waals surface area contributed by atoms with E-state index in [0.717, 1.165) is 17.4 Å². The number of fused-ring (bicyclic) bond motifs is 1. The zero-order valence-electron chi connectivity index (χ0n) is 18.6. The Morgan fingerprint density at radius 3 is 2.58 bits per heavy atom. The number of carbonyl (C=O) groups excluding carboxylic acids is 2. The number of halogens is 2. The quantitative estimate of drug-likeness (QED) is 0.637. The van der Waals surface area contributed by atoms with E-state index < -0.39 is 29.2 Å². The van der Waals surface area contributed by atoms with Gasteiger partial charge in [-0.3, -0.25) is 19.0 Å². The second-order valence-corrected chi connectivity index (χ2v) is 9.11. The maximum Gasteiger partial charge on any atom is 0.270 e. The lowest BCUT2D eigenvalue weighted by atomic mass is 10.1. The van der Waals surface area contributed by atoms with Crippen LogP contribution in [0.4, 0.5) is 8.78 Å². The molecule has 9 nitrogen and oxygen atoms in total. The van der Waals surface area contributed by atoms with Gasteiger partial charge in [0.1, 0.15) is 5.65 Å². The normalized spacial score (nSPS) is 18.4. The Labute approximate surface area is 188 Å². The molecule has 33 heavy (non-hydrogen) atoms. The summed E-state index contributed by atoms with van der Waals surface area (Å²) in [6.45, 7) is 3.99. The summed E-state index contributed by atoms with van der Waals surface area (Å²) in [4.78, 5) is 39.7. The van der Waals surface area contributed by atoms with Crippen molar-refractivity contribution in [3.8, 4) is 5.88 Å². The molecule has 2 aromatic heterocycles. The van der Waals surface area contributed by atoms with Gasteiger partial charge in [0.25, 0.3) is 17.4 Å². The molecule has 2 fully saturated rings. The fraction of sp³-hybridized carbons (Fsp3) is 0.545. The average molecular weight is 463 g/mol. The highest BCUT2D eigenvalue weighted by Gasteiger charge is 2.35. The lowest BCUT2D eigenvalue weighted by Gasteiger charge is -2.30. The third-order valence-corrected chi connectivity index (χ3v) is 5.81. The number of carbonyl (C=O) groups is 2. The van der Waals surface area contributed by atoms with Crippen LogP contribution in [0.25, 0.3) is 11.7 Å². The first kappa shape index (κ1) is 22.9. The van der Waals surface area contributed by atoms with Crippen molar-refractivity contribution in [2.24, 2.45) is 5.92 Å². The van der Waals surface area contributed by atoms with Gasteiger partial charge < -0.3 is 15.3 Å². The summed E-state index contributed by atoms with van der Waals surface area (Å²) in [6, 6.07) is 0.00223. The van der Waals surface area contributed by atoms with Crippen molar-refractivity contribution in [1.29, 1.82) is 0 Å². The molecule has 2 aliphatic rings. The van der Waals surface area contributed by atoms with Gasteiger partial charge in [-0.1, -0.05) is 13.8 Å². The fourth-order valence-electron chi connectivity index (χ4n) is 3.87.